The van der Waals surface area contributed by atoms with E-state index in [0.29, 0.717) is 11.6 Å². The number of phenols is 1. The number of hydrogen-bond donors (Lipinski definition) is 3. The molecule has 2 rings (SSSR count). The standard InChI is InChI=1S/C15H19N3O4/c1-9(19)10(2)22-13-7-11(6-12(20)8-13)15(21)16-14-4-5-18(3)17-14/h4-10,19-20H,1-3H3,(H,16,17,21). The molecule has 0 aliphatic heterocycles. The molecule has 1 amide bonds. The molecule has 118 valence electrons. The minimum absolute atomic E-state index is 0.0959. The molecule has 2 aromatic rings. The lowest BCUT2D eigenvalue weighted by molar-refractivity contribution is 0.0602. The van der Waals surface area contributed by atoms with E-state index >= 15 is 0 Å². The third-order valence-corrected chi connectivity index (χ3v) is 3.11. The van der Waals surface area contributed by atoms with Gasteiger partial charge in [0.05, 0.1) is 6.10 Å². The number of nitrogens with zero attached hydrogens (tertiary/aromatic N) is 2. The van der Waals surface area contributed by atoms with E-state index in [9.17, 15) is 15.0 Å². The van der Waals surface area contributed by atoms with Gasteiger partial charge in [0.25, 0.3) is 5.91 Å². The summed E-state index contributed by atoms with van der Waals surface area (Å²) in [5.74, 6) is 0.209. The predicted octanol–water partition coefficient (Wildman–Crippen LogP) is 1.53. The van der Waals surface area contributed by atoms with Gasteiger partial charge < -0.3 is 20.3 Å². The number of phenolic OH excluding ortho intramolecular Hbond substituents is 1. The zero-order valence-corrected chi connectivity index (χ0v) is 12.6. The van der Waals surface area contributed by atoms with Crippen molar-refractivity contribution in [1.29, 1.82) is 0 Å². The number of nitrogens with one attached hydrogen (secondary N) is 1. The normalized spacial score (nSPS) is 13.5. The van der Waals surface area contributed by atoms with Crippen LogP contribution in [0.25, 0.3) is 0 Å². The van der Waals surface area contributed by atoms with Crippen LogP contribution in [0.5, 0.6) is 11.5 Å². The summed E-state index contributed by atoms with van der Waals surface area (Å²) in [5, 5.41) is 25.8. The fourth-order valence-corrected chi connectivity index (χ4v) is 1.77. The molecule has 0 radical (unpaired) electrons. The largest absolute Gasteiger partial charge is 0.508 e. The van der Waals surface area contributed by atoms with Crippen molar-refractivity contribution in [2.75, 3.05) is 5.32 Å². The van der Waals surface area contributed by atoms with Crippen molar-refractivity contribution in [3.63, 3.8) is 0 Å². The van der Waals surface area contributed by atoms with Crippen LogP contribution in [-0.4, -0.2) is 38.1 Å². The third kappa shape index (κ3) is 3.98. The van der Waals surface area contributed by atoms with Crippen LogP contribution < -0.4 is 10.1 Å². The zero-order chi connectivity index (χ0) is 16.3. The second kappa shape index (κ2) is 6.48. The highest BCUT2D eigenvalue weighted by atomic mass is 16.5. The molecule has 2 atom stereocenters. The molecular weight excluding hydrogens is 286 g/mol. The van der Waals surface area contributed by atoms with Crippen molar-refractivity contribution in [1.82, 2.24) is 9.78 Å². The van der Waals surface area contributed by atoms with Gasteiger partial charge in [0.1, 0.15) is 17.6 Å². The maximum atomic E-state index is 12.2. The molecule has 0 saturated heterocycles. The van der Waals surface area contributed by atoms with Gasteiger partial charge in [-0.1, -0.05) is 0 Å². The lowest BCUT2D eigenvalue weighted by Gasteiger charge is -2.17. The fourth-order valence-electron chi connectivity index (χ4n) is 1.77. The Hall–Kier alpha value is -2.54. The van der Waals surface area contributed by atoms with Crippen molar-refractivity contribution in [2.24, 2.45) is 7.05 Å². The number of carbonyl (C=O) groups excluding carboxylic acids is 1. The van der Waals surface area contributed by atoms with E-state index < -0.39 is 18.1 Å². The first-order chi connectivity index (χ1) is 10.3. The first kappa shape index (κ1) is 15.8. The summed E-state index contributed by atoms with van der Waals surface area (Å²) in [7, 11) is 1.74. The van der Waals surface area contributed by atoms with Crippen LogP contribution in [0, 0.1) is 0 Å². The van der Waals surface area contributed by atoms with E-state index in [4.69, 9.17) is 4.74 Å². The van der Waals surface area contributed by atoms with Crippen LogP contribution in [0.15, 0.2) is 30.5 Å². The highest BCUT2D eigenvalue weighted by molar-refractivity contribution is 6.04. The molecule has 0 spiro atoms. The molecule has 0 bridgehead atoms. The number of hydrogen-bond acceptors (Lipinski definition) is 5. The minimum Gasteiger partial charge on any atom is -0.508 e. The molecule has 7 heteroatoms. The maximum Gasteiger partial charge on any atom is 0.257 e. The molecule has 0 aliphatic carbocycles. The average Bonchev–Trinajstić information content (AvgIpc) is 2.83. The van der Waals surface area contributed by atoms with Crippen LogP contribution in [0.1, 0.15) is 24.2 Å². The molecule has 1 aromatic heterocycles. The van der Waals surface area contributed by atoms with E-state index in [1.54, 1.807) is 37.8 Å². The summed E-state index contributed by atoms with van der Waals surface area (Å²) in [6, 6.07) is 5.87. The summed E-state index contributed by atoms with van der Waals surface area (Å²) in [6.07, 6.45) is 0.568. The molecule has 0 saturated carbocycles. The van der Waals surface area contributed by atoms with Crippen molar-refractivity contribution < 1.29 is 19.7 Å². The van der Waals surface area contributed by atoms with Gasteiger partial charge in [-0.3, -0.25) is 9.48 Å². The van der Waals surface area contributed by atoms with Crippen molar-refractivity contribution in [3.05, 3.63) is 36.0 Å². The van der Waals surface area contributed by atoms with Crippen LogP contribution in [0.2, 0.25) is 0 Å². The quantitative estimate of drug-likeness (QED) is 0.778. The van der Waals surface area contributed by atoms with Gasteiger partial charge in [0.15, 0.2) is 5.82 Å². The lowest BCUT2D eigenvalue weighted by atomic mass is 10.2. The van der Waals surface area contributed by atoms with Crippen LogP contribution in [0.4, 0.5) is 5.82 Å². The monoisotopic (exact) mass is 305 g/mol. The van der Waals surface area contributed by atoms with Gasteiger partial charge in [-0.2, -0.15) is 5.10 Å². The number of aromatic hydroxyl groups is 1. The number of rotatable bonds is 5. The van der Waals surface area contributed by atoms with E-state index in [2.05, 4.69) is 10.4 Å². The van der Waals surface area contributed by atoms with Gasteiger partial charge in [0.2, 0.25) is 0 Å². The number of aryl methyl sites for hydroxylation is 1. The van der Waals surface area contributed by atoms with E-state index in [1.165, 1.54) is 18.2 Å². The molecular formula is C15H19N3O4. The van der Waals surface area contributed by atoms with Gasteiger partial charge in [-0.05, 0) is 26.0 Å². The minimum atomic E-state index is -0.673. The highest BCUT2D eigenvalue weighted by Crippen LogP contribution is 2.24. The average molecular weight is 305 g/mol. The molecule has 0 aliphatic rings. The Kier molecular flexibility index (Phi) is 4.67. The second-order valence-electron chi connectivity index (χ2n) is 5.11. The first-order valence-corrected chi connectivity index (χ1v) is 6.85. The van der Waals surface area contributed by atoms with Crippen LogP contribution in [-0.2, 0) is 7.05 Å². The van der Waals surface area contributed by atoms with Crippen LogP contribution in [0.3, 0.4) is 0 Å². The third-order valence-electron chi connectivity index (χ3n) is 3.11. The predicted molar refractivity (Wildman–Crippen MR) is 81.0 cm³/mol. The molecule has 3 N–H and O–H groups in total. The number of aliphatic hydroxyl groups is 1. The van der Waals surface area contributed by atoms with Gasteiger partial charge in [-0.15, -0.1) is 0 Å². The van der Waals surface area contributed by atoms with Crippen molar-refractivity contribution >= 4 is 11.7 Å². The molecule has 0 fully saturated rings. The van der Waals surface area contributed by atoms with E-state index in [0.717, 1.165) is 0 Å². The Labute approximate surface area is 128 Å². The summed E-state index contributed by atoms with van der Waals surface area (Å²) >= 11 is 0. The summed E-state index contributed by atoms with van der Waals surface area (Å²) < 4.78 is 7.06. The Bertz CT molecular complexity index is 667. The lowest BCUT2D eigenvalue weighted by Crippen LogP contribution is -2.25. The van der Waals surface area contributed by atoms with Crippen molar-refractivity contribution in [2.45, 2.75) is 26.1 Å². The van der Waals surface area contributed by atoms with E-state index in [1.807, 2.05) is 0 Å². The summed E-state index contributed by atoms with van der Waals surface area (Å²) in [6.45, 7) is 3.30. The van der Waals surface area contributed by atoms with E-state index in [-0.39, 0.29) is 11.3 Å². The maximum absolute atomic E-state index is 12.2. The Balaban J connectivity index is 2.16. The molecule has 2 unspecified atom stereocenters. The first-order valence-electron chi connectivity index (χ1n) is 6.85. The molecule has 1 heterocycles. The number of aromatic nitrogens is 2. The van der Waals surface area contributed by atoms with Crippen molar-refractivity contribution in [3.8, 4) is 11.5 Å². The van der Waals surface area contributed by atoms with Gasteiger partial charge in [-0.25, -0.2) is 0 Å². The van der Waals surface area contributed by atoms with Gasteiger partial charge >= 0.3 is 0 Å². The second-order valence-corrected chi connectivity index (χ2v) is 5.11. The van der Waals surface area contributed by atoms with Gasteiger partial charge in [0, 0.05) is 30.9 Å². The number of anilines is 1. The number of carbonyl (C=O) groups is 1. The summed E-state index contributed by atoms with van der Waals surface area (Å²) in [4.78, 5) is 12.2. The van der Waals surface area contributed by atoms with Crippen LogP contribution >= 0.6 is 0 Å². The Morgan fingerprint density at radius 3 is 2.68 bits per heavy atom. The molecule has 7 nitrogen and oxygen atoms in total. The SMILES string of the molecule is CC(O)C(C)Oc1cc(O)cc(C(=O)Nc2ccn(C)n2)c1. The number of aliphatic hydroxyl groups excluding tert-OH is 1. The Morgan fingerprint density at radius 2 is 2.09 bits per heavy atom. The number of amides is 1. The molecule has 1 aromatic carbocycles. The highest BCUT2D eigenvalue weighted by Gasteiger charge is 2.14. The topological polar surface area (TPSA) is 96.6 Å². The smallest absolute Gasteiger partial charge is 0.257 e. The molecule has 22 heavy (non-hydrogen) atoms. The number of benzene rings is 1. The fraction of sp³-hybridized carbons (Fsp3) is 0.333. The zero-order valence-electron chi connectivity index (χ0n) is 12.6. The Morgan fingerprint density at radius 1 is 1.36 bits per heavy atom. The summed E-state index contributed by atoms with van der Waals surface area (Å²) in [5.41, 5.74) is 0.235. The number of ether oxygens (including phenoxy) is 1.